The molecule has 0 spiro atoms. The van der Waals surface area contributed by atoms with Gasteiger partial charge in [0, 0.05) is 25.1 Å². The van der Waals surface area contributed by atoms with Gasteiger partial charge in [-0.05, 0) is 43.4 Å². The van der Waals surface area contributed by atoms with E-state index in [-0.39, 0.29) is 19.0 Å². The molecule has 0 saturated carbocycles. The molecule has 2 aromatic carbocycles. The van der Waals surface area contributed by atoms with Crippen molar-refractivity contribution in [2.24, 2.45) is 5.92 Å². The molecular formula is C21H21F2N3O3S. The lowest BCUT2D eigenvalue weighted by Gasteiger charge is -2.31. The first-order valence-electron chi connectivity index (χ1n) is 9.69. The molecule has 0 bridgehead atoms. The minimum absolute atomic E-state index is 0.0893. The van der Waals surface area contributed by atoms with Crippen molar-refractivity contribution < 1.29 is 21.7 Å². The molecule has 3 aromatic rings. The van der Waals surface area contributed by atoms with E-state index >= 15 is 0 Å². The van der Waals surface area contributed by atoms with E-state index < -0.39 is 26.6 Å². The molecule has 30 heavy (non-hydrogen) atoms. The van der Waals surface area contributed by atoms with Crippen LogP contribution in [0, 0.1) is 24.5 Å². The van der Waals surface area contributed by atoms with E-state index in [1.807, 2.05) is 31.2 Å². The molecule has 4 rings (SSSR count). The Morgan fingerprint density at radius 1 is 1.13 bits per heavy atom. The summed E-state index contributed by atoms with van der Waals surface area (Å²) in [5, 5.41) is 4.03. The molecule has 1 unspecified atom stereocenters. The lowest BCUT2D eigenvalue weighted by atomic mass is 9.96. The lowest BCUT2D eigenvalue weighted by Crippen LogP contribution is -2.41. The summed E-state index contributed by atoms with van der Waals surface area (Å²) < 4.78 is 60.3. The molecule has 1 fully saturated rings. The van der Waals surface area contributed by atoms with Crippen molar-refractivity contribution in [3.05, 3.63) is 65.6 Å². The third-order valence-electron chi connectivity index (χ3n) is 5.32. The summed E-state index contributed by atoms with van der Waals surface area (Å²) in [6, 6.07) is 10.7. The molecule has 158 valence electrons. The van der Waals surface area contributed by atoms with Crippen LogP contribution in [0.15, 0.2) is 51.9 Å². The molecule has 0 amide bonds. The predicted molar refractivity (Wildman–Crippen MR) is 106 cm³/mol. The van der Waals surface area contributed by atoms with Crippen LogP contribution in [0.25, 0.3) is 11.4 Å². The molecule has 1 aliphatic heterocycles. The fourth-order valence-electron chi connectivity index (χ4n) is 3.79. The summed E-state index contributed by atoms with van der Waals surface area (Å²) in [5.74, 6) is -1.37. The Labute approximate surface area is 173 Å². The molecule has 0 aliphatic carbocycles. The Balaban J connectivity index is 1.51. The Morgan fingerprint density at radius 3 is 2.60 bits per heavy atom. The van der Waals surface area contributed by atoms with Gasteiger partial charge >= 0.3 is 0 Å². The van der Waals surface area contributed by atoms with Gasteiger partial charge in [-0.1, -0.05) is 35.5 Å². The first-order chi connectivity index (χ1) is 14.4. The molecule has 2 heterocycles. The predicted octanol–water partition coefficient (Wildman–Crippen LogP) is 3.97. The highest BCUT2D eigenvalue weighted by Crippen LogP contribution is 2.29. The molecule has 6 nitrogen and oxygen atoms in total. The van der Waals surface area contributed by atoms with Gasteiger partial charge in [-0.3, -0.25) is 0 Å². The summed E-state index contributed by atoms with van der Waals surface area (Å²) in [7, 11) is -4.28. The fourth-order valence-corrected chi connectivity index (χ4v) is 5.45. The van der Waals surface area contributed by atoms with Gasteiger partial charge in [0.25, 0.3) is 0 Å². The highest BCUT2D eigenvalue weighted by Gasteiger charge is 2.34. The second kappa shape index (κ2) is 8.23. The first-order valence-corrected chi connectivity index (χ1v) is 11.1. The van der Waals surface area contributed by atoms with Crippen LogP contribution in [0.4, 0.5) is 8.78 Å². The van der Waals surface area contributed by atoms with Crippen LogP contribution in [-0.2, 0) is 16.4 Å². The van der Waals surface area contributed by atoms with E-state index in [4.69, 9.17) is 4.52 Å². The smallest absolute Gasteiger partial charge is 0.248 e. The first kappa shape index (κ1) is 20.6. The zero-order chi connectivity index (χ0) is 21.3. The van der Waals surface area contributed by atoms with Gasteiger partial charge in [-0.2, -0.15) is 9.29 Å². The van der Waals surface area contributed by atoms with Crippen molar-refractivity contribution in [3.63, 3.8) is 0 Å². The fraction of sp³-hybridized carbons (Fsp3) is 0.333. The number of piperidine rings is 1. The van der Waals surface area contributed by atoms with Crippen molar-refractivity contribution in [2.75, 3.05) is 13.1 Å². The summed E-state index contributed by atoms with van der Waals surface area (Å²) in [6.07, 6.45) is 1.73. The molecule has 0 N–H and O–H groups in total. The normalized spacial score (nSPS) is 17.9. The summed E-state index contributed by atoms with van der Waals surface area (Å²) >= 11 is 0. The van der Waals surface area contributed by atoms with Gasteiger partial charge in [0.1, 0.15) is 11.6 Å². The number of benzene rings is 2. The SMILES string of the molecule is Cc1ccccc1-c1noc(CC2CCCN(S(=O)(=O)c3c(F)cccc3F)C2)n1. The molecule has 1 aliphatic rings. The molecule has 1 atom stereocenters. The minimum Gasteiger partial charge on any atom is -0.339 e. The van der Waals surface area contributed by atoms with Crippen molar-refractivity contribution in [1.82, 2.24) is 14.4 Å². The molecule has 1 aromatic heterocycles. The second-order valence-corrected chi connectivity index (χ2v) is 9.33. The molecule has 0 radical (unpaired) electrons. The topological polar surface area (TPSA) is 76.3 Å². The number of nitrogens with zero attached hydrogens (tertiary/aromatic N) is 3. The maximum absolute atomic E-state index is 14.1. The van der Waals surface area contributed by atoms with Gasteiger partial charge < -0.3 is 4.52 Å². The van der Waals surface area contributed by atoms with E-state index in [2.05, 4.69) is 10.1 Å². The van der Waals surface area contributed by atoms with E-state index in [1.54, 1.807) is 0 Å². The number of aromatic nitrogens is 2. The van der Waals surface area contributed by atoms with E-state index in [0.29, 0.717) is 24.6 Å². The van der Waals surface area contributed by atoms with Crippen molar-refractivity contribution >= 4 is 10.0 Å². The van der Waals surface area contributed by atoms with Crippen molar-refractivity contribution in [1.29, 1.82) is 0 Å². The van der Waals surface area contributed by atoms with Crippen LogP contribution < -0.4 is 0 Å². The average molecular weight is 433 g/mol. The quantitative estimate of drug-likeness (QED) is 0.609. The van der Waals surface area contributed by atoms with Gasteiger partial charge in [0.05, 0.1) is 0 Å². The van der Waals surface area contributed by atoms with Crippen LogP contribution in [0.5, 0.6) is 0 Å². The maximum Gasteiger partial charge on any atom is 0.248 e. The molecule has 9 heteroatoms. The van der Waals surface area contributed by atoms with Crippen LogP contribution in [0.2, 0.25) is 0 Å². The maximum atomic E-state index is 14.1. The summed E-state index contributed by atoms with van der Waals surface area (Å²) in [4.78, 5) is 3.55. The third-order valence-corrected chi connectivity index (χ3v) is 7.23. The number of rotatable bonds is 5. The lowest BCUT2D eigenvalue weighted by molar-refractivity contribution is 0.246. The largest absolute Gasteiger partial charge is 0.339 e. The van der Waals surface area contributed by atoms with Gasteiger partial charge in [0.15, 0.2) is 4.90 Å². The summed E-state index contributed by atoms with van der Waals surface area (Å²) in [5.41, 5.74) is 1.89. The van der Waals surface area contributed by atoms with E-state index in [1.165, 1.54) is 0 Å². The van der Waals surface area contributed by atoms with Crippen molar-refractivity contribution in [3.8, 4) is 11.4 Å². The number of sulfonamides is 1. The Morgan fingerprint density at radius 2 is 1.87 bits per heavy atom. The zero-order valence-corrected chi connectivity index (χ0v) is 17.2. The average Bonchev–Trinajstić information content (AvgIpc) is 3.16. The third kappa shape index (κ3) is 3.99. The van der Waals surface area contributed by atoms with Gasteiger partial charge in [-0.25, -0.2) is 17.2 Å². The van der Waals surface area contributed by atoms with Gasteiger partial charge in [0.2, 0.25) is 21.7 Å². The number of hydrogen-bond donors (Lipinski definition) is 0. The standard InChI is InChI=1S/C21H21F2N3O3S/c1-14-6-2-3-8-16(14)21-24-19(29-25-21)12-15-7-5-11-26(13-15)30(27,28)20-17(22)9-4-10-18(20)23/h2-4,6,8-10,15H,5,7,11-13H2,1H3. The Bertz CT molecular complexity index is 1140. The van der Waals surface area contributed by atoms with Gasteiger partial charge in [-0.15, -0.1) is 0 Å². The van der Waals surface area contributed by atoms with E-state index in [9.17, 15) is 17.2 Å². The Kier molecular flexibility index (Phi) is 5.66. The number of halogens is 2. The number of aryl methyl sites for hydroxylation is 1. The molecular weight excluding hydrogens is 412 g/mol. The highest BCUT2D eigenvalue weighted by atomic mass is 32.2. The number of hydrogen-bond acceptors (Lipinski definition) is 5. The minimum atomic E-state index is -4.28. The van der Waals surface area contributed by atoms with Crippen molar-refractivity contribution in [2.45, 2.75) is 31.1 Å². The Hall–Kier alpha value is -2.65. The van der Waals surface area contributed by atoms with Crippen LogP contribution >= 0.6 is 0 Å². The zero-order valence-electron chi connectivity index (χ0n) is 16.4. The van der Waals surface area contributed by atoms with Crippen LogP contribution in [0.1, 0.15) is 24.3 Å². The summed E-state index contributed by atoms with van der Waals surface area (Å²) in [6.45, 7) is 2.31. The molecule has 1 saturated heterocycles. The van der Waals surface area contributed by atoms with Crippen LogP contribution in [-0.4, -0.2) is 36.0 Å². The van der Waals surface area contributed by atoms with Crippen LogP contribution in [0.3, 0.4) is 0 Å². The monoisotopic (exact) mass is 433 g/mol. The van der Waals surface area contributed by atoms with E-state index in [0.717, 1.165) is 40.1 Å². The second-order valence-electron chi connectivity index (χ2n) is 7.45. The highest BCUT2D eigenvalue weighted by molar-refractivity contribution is 7.89.